The van der Waals surface area contributed by atoms with E-state index in [0.29, 0.717) is 17.0 Å². The number of rotatable bonds is 3. The topological polar surface area (TPSA) is 26.0 Å². The number of hydrogen-bond donors (Lipinski definition) is 1. The maximum atomic E-state index is 13.2. The molecule has 0 radical (unpaired) electrons. The van der Waals surface area contributed by atoms with Crippen LogP contribution in [0.2, 0.25) is 5.02 Å². The Hall–Kier alpha value is -0.860. The zero-order chi connectivity index (χ0) is 9.84. The maximum absolute atomic E-state index is 13.2. The summed E-state index contributed by atoms with van der Waals surface area (Å²) in [7, 11) is 0. The molecule has 0 bridgehead atoms. The van der Waals surface area contributed by atoms with Crippen LogP contribution in [0.5, 0.6) is 0 Å². The lowest BCUT2D eigenvalue weighted by atomic mass is 10.0. The SMILES string of the molecule is C=CC[C@@H](N)c1ccc(Cl)cc1F. The minimum atomic E-state index is -0.359. The molecule has 1 rings (SSSR count). The molecule has 0 heterocycles. The average molecular weight is 200 g/mol. The lowest BCUT2D eigenvalue weighted by Gasteiger charge is -2.10. The van der Waals surface area contributed by atoms with Crippen LogP contribution < -0.4 is 5.73 Å². The fraction of sp³-hybridized carbons (Fsp3) is 0.200. The van der Waals surface area contributed by atoms with E-state index in [4.69, 9.17) is 17.3 Å². The van der Waals surface area contributed by atoms with Crippen molar-refractivity contribution in [3.8, 4) is 0 Å². The highest BCUT2D eigenvalue weighted by molar-refractivity contribution is 6.30. The molecule has 3 heteroatoms. The number of hydrogen-bond acceptors (Lipinski definition) is 1. The normalized spacial score (nSPS) is 12.5. The first-order chi connectivity index (χ1) is 6.15. The van der Waals surface area contributed by atoms with Crippen LogP contribution in [0.1, 0.15) is 18.0 Å². The van der Waals surface area contributed by atoms with Gasteiger partial charge in [-0.2, -0.15) is 0 Å². The Labute approximate surface area is 82.0 Å². The summed E-state index contributed by atoms with van der Waals surface area (Å²) < 4.78 is 13.2. The molecular weight excluding hydrogens is 189 g/mol. The first-order valence-corrected chi connectivity index (χ1v) is 4.34. The van der Waals surface area contributed by atoms with Crippen molar-refractivity contribution >= 4 is 11.6 Å². The standard InChI is InChI=1S/C10H11ClFN/c1-2-3-10(13)8-5-4-7(11)6-9(8)12/h2,4-6,10H,1,3,13H2/t10-/m1/s1. The fourth-order valence-corrected chi connectivity index (χ4v) is 1.27. The van der Waals surface area contributed by atoms with Gasteiger partial charge in [-0.3, -0.25) is 0 Å². The Morgan fingerprint density at radius 3 is 2.85 bits per heavy atom. The van der Waals surface area contributed by atoms with Crippen LogP contribution in [-0.2, 0) is 0 Å². The Morgan fingerprint density at radius 1 is 1.62 bits per heavy atom. The molecule has 0 aromatic heterocycles. The monoisotopic (exact) mass is 199 g/mol. The van der Waals surface area contributed by atoms with Crippen LogP contribution in [-0.4, -0.2) is 0 Å². The molecule has 0 aliphatic carbocycles. The van der Waals surface area contributed by atoms with E-state index in [2.05, 4.69) is 6.58 Å². The first kappa shape index (κ1) is 10.2. The van der Waals surface area contributed by atoms with Gasteiger partial charge in [0, 0.05) is 16.6 Å². The van der Waals surface area contributed by atoms with Crippen molar-refractivity contribution in [2.45, 2.75) is 12.5 Å². The molecule has 1 atom stereocenters. The molecule has 1 aromatic carbocycles. The van der Waals surface area contributed by atoms with Gasteiger partial charge in [0.2, 0.25) is 0 Å². The van der Waals surface area contributed by atoms with Gasteiger partial charge in [0.25, 0.3) is 0 Å². The van der Waals surface area contributed by atoms with Gasteiger partial charge in [-0.15, -0.1) is 6.58 Å². The summed E-state index contributed by atoms with van der Waals surface area (Å²) in [4.78, 5) is 0. The molecule has 1 aromatic rings. The highest BCUT2D eigenvalue weighted by Gasteiger charge is 2.09. The van der Waals surface area contributed by atoms with Crippen LogP contribution in [0.4, 0.5) is 4.39 Å². The molecule has 0 spiro atoms. The van der Waals surface area contributed by atoms with Gasteiger partial charge < -0.3 is 5.73 Å². The minimum Gasteiger partial charge on any atom is -0.324 e. The zero-order valence-corrected chi connectivity index (χ0v) is 7.89. The van der Waals surface area contributed by atoms with Crippen LogP contribution in [0.3, 0.4) is 0 Å². The van der Waals surface area contributed by atoms with Crippen LogP contribution >= 0.6 is 11.6 Å². The van der Waals surface area contributed by atoms with Crippen LogP contribution in [0.25, 0.3) is 0 Å². The average Bonchev–Trinajstić information content (AvgIpc) is 2.04. The molecule has 13 heavy (non-hydrogen) atoms. The second-order valence-electron chi connectivity index (χ2n) is 2.80. The number of nitrogens with two attached hydrogens (primary N) is 1. The summed E-state index contributed by atoms with van der Waals surface area (Å²) in [5.74, 6) is -0.359. The second-order valence-corrected chi connectivity index (χ2v) is 3.23. The molecular formula is C10H11ClFN. The van der Waals surface area contributed by atoms with Crippen LogP contribution in [0, 0.1) is 5.82 Å². The number of halogens is 2. The van der Waals surface area contributed by atoms with E-state index in [1.165, 1.54) is 6.07 Å². The zero-order valence-electron chi connectivity index (χ0n) is 7.13. The lowest BCUT2D eigenvalue weighted by molar-refractivity contribution is 0.583. The molecule has 0 saturated heterocycles. The van der Waals surface area contributed by atoms with E-state index in [9.17, 15) is 4.39 Å². The quantitative estimate of drug-likeness (QED) is 0.744. The van der Waals surface area contributed by atoms with E-state index >= 15 is 0 Å². The molecule has 70 valence electrons. The molecule has 0 saturated carbocycles. The Kier molecular flexibility index (Phi) is 3.46. The summed E-state index contributed by atoms with van der Waals surface area (Å²) in [6.07, 6.45) is 2.22. The van der Waals surface area contributed by atoms with E-state index in [1.807, 2.05) is 0 Å². The smallest absolute Gasteiger partial charge is 0.129 e. The van der Waals surface area contributed by atoms with Crippen molar-refractivity contribution in [1.82, 2.24) is 0 Å². The van der Waals surface area contributed by atoms with Gasteiger partial charge in [0.15, 0.2) is 0 Å². The van der Waals surface area contributed by atoms with Crippen molar-refractivity contribution in [2.24, 2.45) is 5.73 Å². The summed E-state index contributed by atoms with van der Waals surface area (Å²) in [6.45, 7) is 3.54. The Morgan fingerprint density at radius 2 is 2.31 bits per heavy atom. The van der Waals surface area contributed by atoms with Crippen molar-refractivity contribution in [1.29, 1.82) is 0 Å². The summed E-state index contributed by atoms with van der Waals surface area (Å²) in [5, 5.41) is 0.382. The summed E-state index contributed by atoms with van der Waals surface area (Å²) in [5.41, 5.74) is 6.18. The predicted octanol–water partition coefficient (Wildman–Crippen LogP) is 3.06. The third kappa shape index (κ3) is 2.54. The molecule has 0 aliphatic heterocycles. The van der Waals surface area contributed by atoms with E-state index in [1.54, 1.807) is 18.2 Å². The highest BCUT2D eigenvalue weighted by Crippen LogP contribution is 2.21. The van der Waals surface area contributed by atoms with E-state index < -0.39 is 0 Å². The lowest BCUT2D eigenvalue weighted by Crippen LogP contribution is -2.10. The van der Waals surface area contributed by atoms with Gasteiger partial charge in [-0.25, -0.2) is 4.39 Å². The fourth-order valence-electron chi connectivity index (χ4n) is 1.11. The van der Waals surface area contributed by atoms with Crippen molar-refractivity contribution < 1.29 is 4.39 Å². The predicted molar refractivity (Wildman–Crippen MR) is 53.2 cm³/mol. The van der Waals surface area contributed by atoms with Gasteiger partial charge in [-0.1, -0.05) is 23.7 Å². The molecule has 0 unspecified atom stereocenters. The largest absolute Gasteiger partial charge is 0.324 e. The van der Waals surface area contributed by atoms with Crippen LogP contribution in [0.15, 0.2) is 30.9 Å². The van der Waals surface area contributed by atoms with Gasteiger partial charge in [0.05, 0.1) is 0 Å². The first-order valence-electron chi connectivity index (χ1n) is 3.96. The third-order valence-corrected chi connectivity index (χ3v) is 2.02. The molecule has 2 N–H and O–H groups in total. The maximum Gasteiger partial charge on any atom is 0.129 e. The molecule has 0 amide bonds. The van der Waals surface area contributed by atoms with Crippen molar-refractivity contribution in [3.63, 3.8) is 0 Å². The Bertz CT molecular complexity index is 312. The second kappa shape index (κ2) is 4.40. The van der Waals surface area contributed by atoms with Gasteiger partial charge >= 0.3 is 0 Å². The third-order valence-electron chi connectivity index (χ3n) is 1.78. The van der Waals surface area contributed by atoms with Crippen molar-refractivity contribution in [3.05, 3.63) is 47.3 Å². The van der Waals surface area contributed by atoms with Crippen molar-refractivity contribution in [2.75, 3.05) is 0 Å². The van der Waals surface area contributed by atoms with Gasteiger partial charge in [-0.05, 0) is 18.6 Å². The molecule has 1 nitrogen and oxygen atoms in total. The van der Waals surface area contributed by atoms with E-state index in [-0.39, 0.29) is 11.9 Å². The van der Waals surface area contributed by atoms with Gasteiger partial charge in [0.1, 0.15) is 5.82 Å². The van der Waals surface area contributed by atoms with E-state index in [0.717, 1.165) is 0 Å². The summed E-state index contributed by atoms with van der Waals surface area (Å²) in [6, 6.07) is 4.16. The minimum absolute atomic E-state index is 0.338. The summed E-state index contributed by atoms with van der Waals surface area (Å²) >= 11 is 5.60. The Balaban J connectivity index is 2.94. The highest BCUT2D eigenvalue weighted by atomic mass is 35.5. The molecule has 0 fully saturated rings. The molecule has 0 aliphatic rings. The number of benzene rings is 1.